The van der Waals surface area contributed by atoms with Crippen molar-refractivity contribution in [2.24, 2.45) is 17.8 Å². The number of benzene rings is 2. The number of unbranched alkanes of at least 4 members (excludes halogenated alkanes) is 3. The number of aromatic hydroxyl groups is 1. The number of phenols is 1. The van der Waals surface area contributed by atoms with E-state index in [-0.39, 0.29) is 110 Å². The van der Waals surface area contributed by atoms with Gasteiger partial charge in [-0.05, 0) is 132 Å². The van der Waals surface area contributed by atoms with E-state index in [0.717, 1.165) is 50.6 Å². The Balaban J connectivity index is 1.21. The third kappa shape index (κ3) is 38.6. The Morgan fingerprint density at radius 1 is 0.661 bits per heavy atom. The number of hydrogen-bond donors (Lipinski definition) is 16. The molecule has 35 nitrogen and oxygen atoms in total. The van der Waals surface area contributed by atoms with Gasteiger partial charge in [-0.3, -0.25) is 58.3 Å². The van der Waals surface area contributed by atoms with Gasteiger partial charge in [-0.2, -0.15) is 0 Å². The number of likely N-dealkylation sites (tertiary alicyclic amines) is 1. The lowest BCUT2D eigenvalue weighted by Crippen LogP contribution is -2.59. The lowest BCUT2D eigenvalue weighted by Gasteiger charge is -2.39. The summed E-state index contributed by atoms with van der Waals surface area (Å²) >= 11 is 1.31. The zero-order valence-electron chi connectivity index (χ0n) is 67.1. The second kappa shape index (κ2) is 52.9. The lowest BCUT2D eigenvalue weighted by atomic mass is 9.93. The molecule has 16 N–H and O–H groups in total. The number of carboxylic acid groups (broad SMARTS) is 4. The van der Waals surface area contributed by atoms with Crippen LogP contribution in [-0.4, -0.2) is 230 Å². The average Bonchev–Trinajstić information content (AvgIpc) is 1.55. The van der Waals surface area contributed by atoms with Gasteiger partial charge in [0.05, 0.1) is 30.3 Å². The Morgan fingerprint density at radius 2 is 1.33 bits per heavy atom. The Labute approximate surface area is 683 Å². The van der Waals surface area contributed by atoms with Crippen molar-refractivity contribution in [3.05, 3.63) is 81.3 Å². The molecular weight excluding hydrogens is 1550 g/mol. The van der Waals surface area contributed by atoms with Crippen molar-refractivity contribution >= 4 is 116 Å². The van der Waals surface area contributed by atoms with Crippen LogP contribution < -0.4 is 58.7 Å². The zero-order chi connectivity index (χ0) is 85.1. The van der Waals surface area contributed by atoms with Gasteiger partial charge >= 0.3 is 42.0 Å². The zero-order valence-corrected chi connectivity index (χ0v) is 69.5. The summed E-state index contributed by atoms with van der Waals surface area (Å²) in [7, 11) is 4.45. The predicted octanol–water partition coefficient (Wildman–Crippen LogP) is 5.96. The van der Waals surface area contributed by atoms with Crippen molar-refractivity contribution in [3.63, 3.8) is 0 Å². The smallest absolute Gasteiger partial charge is 0.426 e. The molecule has 11 atom stereocenters. The van der Waals surface area contributed by atoms with E-state index in [2.05, 4.69) is 65.6 Å². The molecule has 0 radical (unpaired) electrons. The first-order valence-corrected chi connectivity index (χ1v) is 42.4. The van der Waals surface area contributed by atoms with E-state index in [4.69, 9.17) is 19.6 Å². The van der Waals surface area contributed by atoms with Crippen LogP contribution in [0.1, 0.15) is 190 Å². The van der Waals surface area contributed by atoms with E-state index < -0.39 is 133 Å². The summed E-state index contributed by atoms with van der Waals surface area (Å²) in [6, 6.07) is 3.83. The third-order valence-corrected chi connectivity index (χ3v) is 22.5. The number of piperidine rings is 1. The van der Waals surface area contributed by atoms with E-state index in [1.165, 1.54) is 45.1 Å². The first-order valence-electron chi connectivity index (χ1n) is 39.0. The number of carbonyl (C=O) groups is 14. The fourth-order valence-corrected chi connectivity index (χ4v) is 15.2. The molecule has 1 aliphatic rings. The fraction of sp³-hybridized carbons (Fsp3) is 0.623. The molecule has 1 saturated heterocycles. The van der Waals surface area contributed by atoms with Gasteiger partial charge in [0.2, 0.25) is 35.4 Å². The summed E-state index contributed by atoms with van der Waals surface area (Å²) in [6.07, 6.45) is 5.27. The number of nitrogens with zero attached hydrogens (tertiary/aromatic N) is 3. The predicted molar refractivity (Wildman–Crippen MR) is 432 cm³/mol. The van der Waals surface area contributed by atoms with Crippen LogP contribution >= 0.6 is 32.9 Å². The summed E-state index contributed by atoms with van der Waals surface area (Å²) < 4.78 is 11.4. The minimum absolute atomic E-state index is 0.0172. The summed E-state index contributed by atoms with van der Waals surface area (Å²) in [6.45, 7) is 16.7. The molecule has 4 rings (SSSR count). The highest BCUT2D eigenvalue weighted by molar-refractivity contribution is 8.76. The molecule has 1 aromatic heterocycles. The number of phenolic OH excluding ortho intramolecular Hbond substituents is 1. The first kappa shape index (κ1) is 97.8. The molecule has 5 unspecified atom stereocenters. The van der Waals surface area contributed by atoms with Gasteiger partial charge in [0, 0.05) is 79.5 Å². The van der Waals surface area contributed by atoms with E-state index >= 15 is 0 Å². The van der Waals surface area contributed by atoms with Gasteiger partial charge in [-0.25, -0.2) is 29.6 Å². The number of rotatable bonds is 53. The molecule has 2 aromatic carbocycles. The molecular formula is C77H118N14O21S3. The fourth-order valence-electron chi connectivity index (χ4n) is 12.3. The molecule has 38 heteroatoms. The highest BCUT2D eigenvalue weighted by atomic mass is 33.1. The average molecular weight is 1670 g/mol. The Bertz CT molecular complexity index is 3640. The van der Waals surface area contributed by atoms with Crippen molar-refractivity contribution in [2.45, 2.75) is 238 Å². The molecule has 640 valence electrons. The van der Waals surface area contributed by atoms with Gasteiger partial charge in [-0.1, -0.05) is 125 Å². The number of amides is 12. The minimum Gasteiger partial charge on any atom is -0.508 e. The molecule has 0 aliphatic carbocycles. The van der Waals surface area contributed by atoms with Crippen molar-refractivity contribution in [3.8, 4) is 5.75 Å². The number of aliphatic carboxylic acids is 4. The normalized spacial score (nSPS) is 15.3. The van der Waals surface area contributed by atoms with E-state index in [1.807, 2.05) is 39.6 Å². The van der Waals surface area contributed by atoms with Crippen molar-refractivity contribution < 1.29 is 102 Å². The monoisotopic (exact) mass is 1670 g/mol. The number of hydrogen-bond acceptors (Lipinski definition) is 22. The number of carboxylic acids is 4. The number of aryl methyl sites for hydroxylation is 1. The quantitative estimate of drug-likeness (QED) is 0.0134. The van der Waals surface area contributed by atoms with Crippen LogP contribution in [0.3, 0.4) is 0 Å². The maximum atomic E-state index is 14.9. The Hall–Kier alpha value is -9.53. The van der Waals surface area contributed by atoms with Crippen molar-refractivity contribution in [1.82, 2.24) is 73.5 Å². The van der Waals surface area contributed by atoms with Crippen molar-refractivity contribution in [2.75, 3.05) is 51.6 Å². The SMILES string of the molecule is CCCCCOCN(C(=O)C(NC(=O)C1CCCCN1C)C(C)CC)[C@H](CCc1nc(C(=O)N[C@@H](Cc2ccc(O)cc2)CC(C)C(=O)NNC(=O)OCCSSC[C@@H](C)NC(=O)[C@H](CC(=O)O)NC(=O)C(CC(=O)O)NC(=O)Cc2ccc(CNC(=O)NCCCC[C@@H](C)NC(=O)N[C@@H](CCC(=O)O)C(=O)O)cc2)cs1)C(C)C. The summed E-state index contributed by atoms with van der Waals surface area (Å²) in [5.74, 6) is -10.2. The lowest BCUT2D eigenvalue weighted by molar-refractivity contribution is -0.148. The summed E-state index contributed by atoms with van der Waals surface area (Å²) in [5.41, 5.74) is 6.60. The number of thiazole rings is 1. The minimum atomic E-state index is -1.72. The van der Waals surface area contributed by atoms with Crippen LogP contribution in [0.25, 0.3) is 0 Å². The molecule has 3 aromatic rings. The maximum Gasteiger partial charge on any atom is 0.426 e. The molecule has 115 heavy (non-hydrogen) atoms. The number of nitrogens with one attached hydrogen (secondary N) is 11. The molecule has 0 bridgehead atoms. The summed E-state index contributed by atoms with van der Waals surface area (Å²) in [5, 5.41) is 73.4. The van der Waals surface area contributed by atoms with Crippen LogP contribution in [0.2, 0.25) is 0 Å². The number of carbonyl (C=O) groups excluding carboxylic acids is 10. The third-order valence-electron chi connectivity index (χ3n) is 19.0. The molecule has 2 heterocycles. The molecule has 0 spiro atoms. The van der Waals surface area contributed by atoms with E-state index in [0.29, 0.717) is 67.8 Å². The molecule has 1 aliphatic heterocycles. The van der Waals surface area contributed by atoms with Crippen LogP contribution in [-0.2, 0) is 83.2 Å². The Morgan fingerprint density at radius 3 is 1.97 bits per heavy atom. The highest BCUT2D eigenvalue weighted by Gasteiger charge is 2.38. The number of urea groups is 2. The highest BCUT2D eigenvalue weighted by Crippen LogP contribution is 2.26. The Kier molecular flexibility index (Phi) is 45.0. The topological polar surface area (TPSA) is 510 Å². The molecule has 0 saturated carbocycles. The van der Waals surface area contributed by atoms with Crippen molar-refractivity contribution in [1.29, 1.82) is 0 Å². The first-order chi connectivity index (χ1) is 54.7. The summed E-state index contributed by atoms with van der Waals surface area (Å²) in [4.78, 5) is 188. The molecule has 12 amide bonds. The van der Waals surface area contributed by atoms with Gasteiger partial charge in [0.1, 0.15) is 48.9 Å². The van der Waals surface area contributed by atoms with Gasteiger partial charge in [0.15, 0.2) is 0 Å². The number of hydrazine groups is 1. The second-order valence-corrected chi connectivity index (χ2v) is 32.7. The van der Waals surface area contributed by atoms with Crippen LogP contribution in [0.4, 0.5) is 14.4 Å². The second-order valence-electron chi connectivity index (χ2n) is 29.2. The number of likely N-dealkylation sites (N-methyl/N-ethyl adjacent to an activating group) is 1. The van der Waals surface area contributed by atoms with E-state index in [9.17, 15) is 87.5 Å². The number of ether oxygens (including phenoxy) is 2. The van der Waals surface area contributed by atoms with Crippen LogP contribution in [0.15, 0.2) is 53.9 Å². The largest absolute Gasteiger partial charge is 0.508 e. The van der Waals surface area contributed by atoms with E-state index in [1.54, 1.807) is 67.4 Å². The maximum absolute atomic E-state index is 14.9. The standard InChI is InChI=1S/C77H118N14O21S3/c1-10-12-17-34-111-45-91(73(105)67(47(5)11-2)87-72(104)61-19-14-16-33-90(61)9)60(46(3)4)29-30-63-84-59(44-113-63)71(103)82-54(38-51-24-26-55(92)27-25-51)37-48(6)68(100)88-89-77(110)112-35-36-114-115-43-50(8)80-69(101)58(41-66(98)99)85-70(102)57(40-65(96)97)83-62(93)39-52-20-22-53(23-21-52)42-79-75(108)78-32-15-13-18-49(7)81-76(109)86-56(74(106)107)28-31-64(94)95/h20-27,44,46-50,54,56-58,60-61,67,92H,10-19,28-43,45H2,1-9H3,(H,80,101)(H,82,103)(H,83,93)(H,85,102)(H,87,104)(H,88,100)(H,89,110)(H,94,95)(H,96,97)(H,98,99)(H,106,107)(H2,78,79,108)(H2,81,86,109)/t47?,48?,49-,50-,54-,56+,57?,58+,60-,61?,67?/m1/s1. The van der Waals surface area contributed by atoms with Crippen LogP contribution in [0, 0.1) is 17.8 Å². The van der Waals surface area contributed by atoms with Gasteiger partial charge < -0.3 is 87.8 Å². The number of aromatic nitrogens is 1. The van der Waals surface area contributed by atoms with Crippen LogP contribution in [0.5, 0.6) is 5.75 Å². The molecule has 1 fully saturated rings. The van der Waals surface area contributed by atoms with Gasteiger partial charge in [0.25, 0.3) is 5.91 Å². The van der Waals surface area contributed by atoms with Gasteiger partial charge in [-0.15, -0.1) is 11.3 Å².